The van der Waals surface area contributed by atoms with Crippen LogP contribution >= 0.6 is 11.8 Å². The van der Waals surface area contributed by atoms with Gasteiger partial charge in [-0.3, -0.25) is 14.2 Å². The first kappa shape index (κ1) is 18.5. The Morgan fingerprint density at radius 3 is 2.48 bits per heavy atom. The van der Waals surface area contributed by atoms with Crippen molar-refractivity contribution < 1.29 is 9.59 Å². The third kappa shape index (κ3) is 4.64. The summed E-state index contributed by atoms with van der Waals surface area (Å²) in [6, 6.07) is 16.4. The lowest BCUT2D eigenvalue weighted by Crippen LogP contribution is -2.22. The number of carbonyl (C=O) groups excluding carboxylic acids is 2. The number of carbonyl (C=O) groups is 2. The van der Waals surface area contributed by atoms with E-state index < -0.39 is 5.91 Å². The Labute approximate surface area is 160 Å². The number of nitrogens with two attached hydrogens (primary N) is 2. The predicted octanol–water partition coefficient (Wildman–Crippen LogP) is 1.89. The predicted molar refractivity (Wildman–Crippen MR) is 104 cm³/mol. The van der Waals surface area contributed by atoms with Crippen molar-refractivity contribution in [1.29, 1.82) is 0 Å². The van der Waals surface area contributed by atoms with E-state index in [0.29, 0.717) is 16.6 Å². The molecule has 0 spiro atoms. The van der Waals surface area contributed by atoms with Gasteiger partial charge in [-0.25, -0.2) is 0 Å². The number of primary amides is 1. The van der Waals surface area contributed by atoms with Crippen LogP contribution in [0, 0.1) is 0 Å². The van der Waals surface area contributed by atoms with E-state index >= 15 is 0 Å². The van der Waals surface area contributed by atoms with Crippen LogP contribution in [0.1, 0.15) is 15.9 Å². The van der Waals surface area contributed by atoms with Crippen molar-refractivity contribution in [3.63, 3.8) is 0 Å². The molecule has 8 nitrogen and oxygen atoms in total. The quantitative estimate of drug-likeness (QED) is 0.535. The number of amides is 2. The van der Waals surface area contributed by atoms with E-state index in [1.165, 1.54) is 16.3 Å². The van der Waals surface area contributed by atoms with E-state index in [1.807, 2.05) is 30.3 Å². The Balaban J connectivity index is 1.69. The number of thioether (sulfide) groups is 1. The van der Waals surface area contributed by atoms with E-state index in [4.69, 9.17) is 11.5 Å². The molecule has 0 aliphatic carbocycles. The van der Waals surface area contributed by atoms with Gasteiger partial charge >= 0.3 is 0 Å². The Morgan fingerprint density at radius 2 is 1.74 bits per heavy atom. The van der Waals surface area contributed by atoms with Gasteiger partial charge in [0.2, 0.25) is 11.9 Å². The minimum atomic E-state index is -0.617. The SMILES string of the molecule is NC(=O)c1ccccc1NC(=O)Cn1c(N)nnc1SCc1ccccc1. The van der Waals surface area contributed by atoms with E-state index in [2.05, 4.69) is 15.5 Å². The van der Waals surface area contributed by atoms with Crippen LogP contribution in [0.4, 0.5) is 11.6 Å². The molecule has 0 saturated heterocycles. The number of nitrogens with zero attached hydrogens (tertiary/aromatic N) is 3. The molecule has 1 aromatic heterocycles. The molecule has 0 unspecified atom stereocenters. The molecule has 2 amide bonds. The number of rotatable bonds is 7. The van der Waals surface area contributed by atoms with E-state index in [-0.39, 0.29) is 24.0 Å². The van der Waals surface area contributed by atoms with Crippen LogP contribution in [-0.4, -0.2) is 26.6 Å². The standard InChI is InChI=1S/C18H18N6O2S/c19-16(26)13-8-4-5-9-14(13)21-15(25)10-24-17(20)22-23-18(24)27-11-12-6-2-1-3-7-12/h1-9H,10-11H2,(H2,19,26)(H2,20,22)(H,21,25). The second-order valence-corrected chi connectivity index (χ2v) is 6.60. The van der Waals surface area contributed by atoms with Gasteiger partial charge in [0.25, 0.3) is 5.91 Å². The van der Waals surface area contributed by atoms with Crippen molar-refractivity contribution in [2.45, 2.75) is 17.5 Å². The minimum absolute atomic E-state index is 0.0803. The van der Waals surface area contributed by atoms with Crippen molar-refractivity contribution in [1.82, 2.24) is 14.8 Å². The summed E-state index contributed by atoms with van der Waals surface area (Å²) in [4.78, 5) is 23.9. The zero-order chi connectivity index (χ0) is 19.2. The normalized spacial score (nSPS) is 10.5. The van der Waals surface area contributed by atoms with E-state index in [1.54, 1.807) is 24.3 Å². The topological polar surface area (TPSA) is 129 Å². The molecular formula is C18H18N6O2S. The molecule has 0 bridgehead atoms. The van der Waals surface area contributed by atoms with Crippen LogP contribution in [0.5, 0.6) is 0 Å². The van der Waals surface area contributed by atoms with Crippen LogP contribution < -0.4 is 16.8 Å². The highest BCUT2D eigenvalue weighted by Gasteiger charge is 2.16. The van der Waals surface area contributed by atoms with Gasteiger partial charge in [-0.15, -0.1) is 10.2 Å². The van der Waals surface area contributed by atoms with Gasteiger partial charge in [-0.05, 0) is 17.7 Å². The fraction of sp³-hybridized carbons (Fsp3) is 0.111. The Kier molecular flexibility index (Phi) is 5.72. The van der Waals surface area contributed by atoms with Crippen LogP contribution in [0.3, 0.4) is 0 Å². The third-order valence-electron chi connectivity index (χ3n) is 3.72. The highest BCUT2D eigenvalue weighted by atomic mass is 32.2. The van der Waals surface area contributed by atoms with Crippen molar-refractivity contribution in [3.05, 3.63) is 65.7 Å². The second-order valence-electron chi connectivity index (χ2n) is 5.66. The molecule has 1 heterocycles. The molecule has 0 aliphatic heterocycles. The summed E-state index contributed by atoms with van der Waals surface area (Å²) in [6.45, 7) is -0.0803. The molecule has 3 aromatic rings. The van der Waals surface area contributed by atoms with Gasteiger partial charge in [0.15, 0.2) is 5.16 Å². The first-order valence-corrected chi connectivity index (χ1v) is 9.07. The van der Waals surface area contributed by atoms with Gasteiger partial charge in [0.05, 0.1) is 11.3 Å². The second kappa shape index (κ2) is 8.37. The van der Waals surface area contributed by atoms with E-state index in [9.17, 15) is 9.59 Å². The smallest absolute Gasteiger partial charge is 0.250 e. The lowest BCUT2D eigenvalue weighted by atomic mass is 10.1. The van der Waals surface area contributed by atoms with Crippen LogP contribution in [0.2, 0.25) is 0 Å². The lowest BCUT2D eigenvalue weighted by Gasteiger charge is -2.11. The summed E-state index contributed by atoms with van der Waals surface area (Å²) in [5.41, 5.74) is 12.9. The van der Waals surface area contributed by atoms with Crippen LogP contribution in [0.25, 0.3) is 0 Å². The summed E-state index contributed by atoms with van der Waals surface area (Å²) >= 11 is 1.43. The van der Waals surface area contributed by atoms with Gasteiger partial charge in [0.1, 0.15) is 6.54 Å². The number of hydrogen-bond donors (Lipinski definition) is 3. The van der Waals surface area contributed by atoms with Gasteiger partial charge in [-0.1, -0.05) is 54.2 Å². The zero-order valence-corrected chi connectivity index (χ0v) is 15.1. The van der Waals surface area contributed by atoms with Crippen molar-refractivity contribution in [2.24, 2.45) is 5.73 Å². The maximum absolute atomic E-state index is 12.4. The average molecular weight is 382 g/mol. The summed E-state index contributed by atoms with van der Waals surface area (Å²) in [7, 11) is 0. The van der Waals surface area contributed by atoms with Crippen molar-refractivity contribution >= 4 is 35.2 Å². The zero-order valence-electron chi connectivity index (χ0n) is 14.3. The molecule has 9 heteroatoms. The van der Waals surface area contributed by atoms with Crippen LogP contribution in [-0.2, 0) is 17.1 Å². The first-order chi connectivity index (χ1) is 13.0. The molecule has 0 aliphatic rings. The molecule has 2 aromatic carbocycles. The Morgan fingerprint density at radius 1 is 1.04 bits per heavy atom. The maximum atomic E-state index is 12.4. The molecule has 0 saturated carbocycles. The highest BCUT2D eigenvalue weighted by Crippen LogP contribution is 2.23. The minimum Gasteiger partial charge on any atom is -0.368 e. The summed E-state index contributed by atoms with van der Waals surface area (Å²) in [6.07, 6.45) is 0. The third-order valence-corrected chi connectivity index (χ3v) is 4.76. The Bertz CT molecular complexity index is 957. The molecule has 3 rings (SSSR count). The number of benzene rings is 2. The van der Waals surface area contributed by atoms with Gasteiger partial charge in [0, 0.05) is 5.75 Å². The molecule has 5 N–H and O–H groups in total. The first-order valence-electron chi connectivity index (χ1n) is 8.08. The molecule has 27 heavy (non-hydrogen) atoms. The fourth-order valence-corrected chi connectivity index (χ4v) is 3.32. The maximum Gasteiger partial charge on any atom is 0.250 e. The van der Waals surface area contributed by atoms with Crippen molar-refractivity contribution in [3.8, 4) is 0 Å². The van der Waals surface area contributed by atoms with E-state index in [0.717, 1.165) is 5.56 Å². The van der Waals surface area contributed by atoms with Gasteiger partial charge < -0.3 is 16.8 Å². The number of nitrogens with one attached hydrogen (secondary N) is 1. The van der Waals surface area contributed by atoms with Gasteiger partial charge in [-0.2, -0.15) is 0 Å². The monoisotopic (exact) mass is 382 g/mol. The highest BCUT2D eigenvalue weighted by molar-refractivity contribution is 7.98. The molecule has 0 radical (unpaired) electrons. The number of nitrogen functional groups attached to an aromatic ring is 1. The number of aromatic nitrogens is 3. The largest absolute Gasteiger partial charge is 0.368 e. The number of anilines is 2. The molecule has 138 valence electrons. The fourth-order valence-electron chi connectivity index (χ4n) is 2.42. The Hall–Kier alpha value is -3.33. The summed E-state index contributed by atoms with van der Waals surface area (Å²) in [5, 5.41) is 11.1. The summed E-state index contributed by atoms with van der Waals surface area (Å²) < 4.78 is 1.52. The van der Waals surface area contributed by atoms with Crippen molar-refractivity contribution in [2.75, 3.05) is 11.1 Å². The summed E-state index contributed by atoms with van der Waals surface area (Å²) in [5.74, 6) is -0.167. The number of hydrogen-bond acceptors (Lipinski definition) is 6. The molecular weight excluding hydrogens is 364 g/mol. The average Bonchev–Trinajstić information content (AvgIpc) is 3.01. The van der Waals surface area contributed by atoms with Crippen LogP contribution in [0.15, 0.2) is 59.8 Å². The molecule has 0 fully saturated rings. The lowest BCUT2D eigenvalue weighted by molar-refractivity contribution is -0.116. The number of para-hydroxylation sites is 1. The molecule has 0 atom stereocenters.